The second kappa shape index (κ2) is 9.34. The van der Waals surface area contributed by atoms with Crippen molar-refractivity contribution in [1.82, 2.24) is 14.8 Å². The number of nitrogens with one attached hydrogen (secondary N) is 1. The number of nitrogens with zero attached hydrogens (tertiary/aromatic N) is 3. The van der Waals surface area contributed by atoms with Crippen LogP contribution in [0.1, 0.15) is 5.56 Å². The van der Waals surface area contributed by atoms with Gasteiger partial charge in [0.15, 0.2) is 0 Å². The summed E-state index contributed by atoms with van der Waals surface area (Å²) in [5.41, 5.74) is 1.87. The molecule has 0 atom stereocenters. The molecule has 140 valence electrons. The van der Waals surface area contributed by atoms with Crippen LogP contribution < -0.4 is 9.73 Å². The first-order valence-electron chi connectivity index (χ1n) is 7.88. The number of hydrogen-bond donors (Lipinski definition) is 1. The maximum absolute atomic E-state index is 12.2. The number of piperazine rings is 1. The van der Waals surface area contributed by atoms with E-state index in [4.69, 9.17) is 11.6 Å². The van der Waals surface area contributed by atoms with E-state index in [9.17, 15) is 8.42 Å². The number of anilines is 1. The summed E-state index contributed by atoms with van der Waals surface area (Å²) >= 11 is 5.82. The molecule has 0 amide bonds. The van der Waals surface area contributed by atoms with Crippen molar-refractivity contribution in [2.24, 2.45) is 0 Å². The molecule has 9 heteroatoms. The second-order valence-electron chi connectivity index (χ2n) is 5.67. The van der Waals surface area contributed by atoms with E-state index in [1.54, 1.807) is 47.7 Å². The lowest BCUT2D eigenvalue weighted by Crippen LogP contribution is -2.53. The third-order valence-electron chi connectivity index (χ3n) is 3.87. The zero-order chi connectivity index (χ0) is 17.7. The Morgan fingerprint density at radius 2 is 1.62 bits per heavy atom. The fraction of sp³-hybridized carbons (Fsp3) is 0.235. The highest BCUT2D eigenvalue weighted by molar-refractivity contribution is 7.92. The normalized spacial score (nSPS) is 15.8. The van der Waals surface area contributed by atoms with Gasteiger partial charge in [-0.2, -0.15) is 0 Å². The summed E-state index contributed by atoms with van der Waals surface area (Å²) in [6.45, 7) is 2.70. The average Bonchev–Trinajstić information content (AvgIpc) is 2.62. The molecule has 6 nitrogen and oxygen atoms in total. The van der Waals surface area contributed by atoms with Crippen LogP contribution in [0.5, 0.6) is 0 Å². The number of sulfonamides is 1. The zero-order valence-corrected chi connectivity index (χ0v) is 16.3. The molecule has 0 bridgehead atoms. The van der Waals surface area contributed by atoms with Gasteiger partial charge < -0.3 is 4.90 Å². The van der Waals surface area contributed by atoms with E-state index < -0.39 is 10.0 Å². The van der Waals surface area contributed by atoms with E-state index in [1.165, 1.54) is 5.41 Å². The smallest absolute Gasteiger partial charge is 0.246 e. The predicted octanol–water partition coefficient (Wildman–Crippen LogP) is 2.78. The van der Waals surface area contributed by atoms with Crippen molar-refractivity contribution in [1.29, 1.82) is 0 Å². The van der Waals surface area contributed by atoms with Crippen molar-refractivity contribution in [2.75, 3.05) is 31.1 Å². The van der Waals surface area contributed by atoms with E-state index in [2.05, 4.69) is 14.7 Å². The molecule has 0 spiro atoms. The van der Waals surface area contributed by atoms with Crippen LogP contribution in [-0.4, -0.2) is 44.6 Å². The van der Waals surface area contributed by atoms with Crippen molar-refractivity contribution in [2.45, 2.75) is 0 Å². The maximum atomic E-state index is 12.2. The predicted molar refractivity (Wildman–Crippen MR) is 108 cm³/mol. The van der Waals surface area contributed by atoms with E-state index in [1.807, 2.05) is 12.1 Å². The topological polar surface area (TPSA) is 65.5 Å². The zero-order valence-electron chi connectivity index (χ0n) is 14.0. The van der Waals surface area contributed by atoms with Crippen molar-refractivity contribution in [3.05, 3.63) is 64.8 Å². The van der Waals surface area contributed by atoms with Crippen LogP contribution in [0.4, 0.5) is 5.69 Å². The molecule has 0 aliphatic carbocycles. The molecule has 1 aromatic heterocycles. The number of hydrazine groups is 1. The Balaban J connectivity index is 0.00000243. The van der Waals surface area contributed by atoms with Crippen molar-refractivity contribution < 1.29 is 8.42 Å². The molecule has 1 aliphatic rings. The Kier molecular flexibility index (Phi) is 7.43. The largest absolute Gasteiger partial charge is 0.369 e. The van der Waals surface area contributed by atoms with Gasteiger partial charge >= 0.3 is 0 Å². The van der Waals surface area contributed by atoms with E-state index >= 15 is 0 Å². The molecule has 2 heterocycles. The quantitative estimate of drug-likeness (QED) is 0.814. The minimum absolute atomic E-state index is 0. The highest BCUT2D eigenvalue weighted by Crippen LogP contribution is 2.14. The summed E-state index contributed by atoms with van der Waals surface area (Å²) in [6, 6.07) is 10.9. The molecule has 0 unspecified atom stereocenters. The van der Waals surface area contributed by atoms with Crippen LogP contribution >= 0.6 is 24.0 Å². The number of aromatic nitrogens is 1. The fourth-order valence-electron chi connectivity index (χ4n) is 2.56. The van der Waals surface area contributed by atoms with Crippen LogP contribution in [0.15, 0.2) is 54.2 Å². The van der Waals surface area contributed by atoms with E-state index in [0.717, 1.165) is 24.3 Å². The first-order chi connectivity index (χ1) is 12.0. The lowest BCUT2D eigenvalue weighted by Gasteiger charge is -2.35. The number of hydrogen-bond acceptors (Lipinski definition) is 5. The third-order valence-corrected chi connectivity index (χ3v) is 5.13. The third kappa shape index (κ3) is 5.96. The molecule has 1 N–H and O–H groups in total. The molecular formula is C17H20Cl2N4O2S. The summed E-state index contributed by atoms with van der Waals surface area (Å²) in [4.78, 5) is 8.82. The molecule has 0 saturated carbocycles. The Morgan fingerprint density at radius 1 is 1.00 bits per heavy atom. The van der Waals surface area contributed by atoms with E-state index in [-0.39, 0.29) is 12.4 Å². The molecule has 1 saturated heterocycles. The average molecular weight is 415 g/mol. The maximum Gasteiger partial charge on any atom is 0.246 e. The molecule has 1 aliphatic heterocycles. The van der Waals surface area contributed by atoms with Gasteiger partial charge in [0.2, 0.25) is 10.0 Å². The lowest BCUT2D eigenvalue weighted by atomic mass is 10.2. The van der Waals surface area contributed by atoms with Crippen LogP contribution in [0.25, 0.3) is 6.08 Å². The summed E-state index contributed by atoms with van der Waals surface area (Å²) in [7, 11) is -3.54. The van der Waals surface area contributed by atoms with Gasteiger partial charge in [0.05, 0.1) is 0 Å². The second-order valence-corrected chi connectivity index (χ2v) is 7.65. The first-order valence-corrected chi connectivity index (χ1v) is 9.80. The SMILES string of the molecule is Cl.O=S(=O)(C=Cc1ccc(Cl)cc1)NN1CCN(c2ccncc2)CC1. The summed E-state index contributed by atoms with van der Waals surface area (Å²) in [5.74, 6) is 0. The molecule has 1 aromatic carbocycles. The highest BCUT2D eigenvalue weighted by atomic mass is 35.5. The number of pyridine rings is 1. The minimum atomic E-state index is -3.54. The van der Waals surface area contributed by atoms with Gasteiger partial charge in [-0.05, 0) is 35.9 Å². The van der Waals surface area contributed by atoms with Gasteiger partial charge in [0.1, 0.15) is 0 Å². The monoisotopic (exact) mass is 414 g/mol. The summed E-state index contributed by atoms with van der Waals surface area (Å²) in [5, 5.41) is 3.51. The van der Waals surface area contributed by atoms with Gasteiger partial charge in [-0.25, -0.2) is 13.4 Å². The van der Waals surface area contributed by atoms with Gasteiger partial charge in [0.25, 0.3) is 0 Å². The van der Waals surface area contributed by atoms with Crippen LogP contribution in [-0.2, 0) is 10.0 Å². The molecule has 1 fully saturated rings. The number of halogens is 2. The highest BCUT2D eigenvalue weighted by Gasteiger charge is 2.20. The first kappa shape index (κ1) is 20.7. The Bertz CT molecular complexity index is 822. The minimum Gasteiger partial charge on any atom is -0.369 e. The lowest BCUT2D eigenvalue weighted by molar-refractivity contribution is 0.227. The standard InChI is InChI=1S/C17H19ClN4O2S.ClH/c18-16-3-1-15(2-4-16)7-14-25(23,24)20-22-12-10-21(11-13-22)17-5-8-19-9-6-17;/h1-9,14,20H,10-13H2;1H. The Labute approximate surface area is 164 Å². The molecular weight excluding hydrogens is 395 g/mol. The molecule has 2 aromatic rings. The summed E-state index contributed by atoms with van der Waals surface area (Å²) < 4.78 is 24.4. The van der Waals surface area contributed by atoms with Gasteiger partial charge in [-0.15, -0.1) is 17.2 Å². The summed E-state index contributed by atoms with van der Waals surface area (Å²) in [6.07, 6.45) is 5.06. The van der Waals surface area contributed by atoms with Crippen LogP contribution in [0, 0.1) is 0 Å². The van der Waals surface area contributed by atoms with Crippen molar-refractivity contribution >= 4 is 45.8 Å². The van der Waals surface area contributed by atoms with Crippen molar-refractivity contribution in [3.8, 4) is 0 Å². The van der Waals surface area contributed by atoms with Crippen LogP contribution in [0.2, 0.25) is 5.02 Å². The fourth-order valence-corrected chi connectivity index (χ4v) is 3.63. The van der Waals surface area contributed by atoms with E-state index in [0.29, 0.717) is 18.1 Å². The van der Waals surface area contributed by atoms with Gasteiger partial charge in [-0.3, -0.25) is 4.98 Å². The van der Waals surface area contributed by atoms with Gasteiger partial charge in [0, 0.05) is 54.7 Å². The van der Waals surface area contributed by atoms with Gasteiger partial charge in [-0.1, -0.05) is 23.7 Å². The Morgan fingerprint density at radius 3 is 2.23 bits per heavy atom. The van der Waals surface area contributed by atoms with Crippen molar-refractivity contribution in [3.63, 3.8) is 0 Å². The molecule has 3 rings (SSSR count). The van der Waals surface area contributed by atoms with Crippen LogP contribution in [0.3, 0.4) is 0 Å². The number of rotatable bonds is 5. The molecule has 0 radical (unpaired) electrons. The number of benzene rings is 1. The Hall–Kier alpha value is -1.64. The molecule has 26 heavy (non-hydrogen) atoms.